The number of carboxylic acid groups (broad SMARTS) is 2. The number of aromatic carboxylic acids is 1. The van der Waals surface area contributed by atoms with Crippen molar-refractivity contribution < 1.29 is 42.3 Å². The minimum Gasteiger partial charge on any atom is -0.481 e. The average Bonchev–Trinajstić information content (AvgIpc) is 3.84. The third kappa shape index (κ3) is 10.3. The smallest absolute Gasteiger partial charge is 0.355 e. The van der Waals surface area contributed by atoms with Crippen LogP contribution in [0.3, 0.4) is 0 Å². The Labute approximate surface area is 400 Å². The molecule has 1 aliphatic heterocycles. The van der Waals surface area contributed by atoms with Crippen LogP contribution in [0.5, 0.6) is 0 Å². The number of aromatic nitrogens is 4. The molecule has 0 radical (unpaired) electrons. The molecule has 19 heteroatoms. The van der Waals surface area contributed by atoms with Crippen LogP contribution >= 0.6 is 11.3 Å². The first-order chi connectivity index (χ1) is 32.3. The van der Waals surface area contributed by atoms with Gasteiger partial charge in [0.25, 0.3) is 16.0 Å². The molecule has 3 aromatic heterocycles. The second kappa shape index (κ2) is 18.5. The lowest BCUT2D eigenvalue weighted by atomic mass is 9.39. The maximum atomic E-state index is 13.7. The molecule has 5 N–H and O–H groups in total. The summed E-state index contributed by atoms with van der Waals surface area (Å²) in [6, 6.07) is 17.1. The topological polar surface area (TPSA) is 229 Å². The normalized spacial score (nSPS) is 24.2. The van der Waals surface area contributed by atoms with E-state index in [-0.39, 0.29) is 46.4 Å². The first-order valence-corrected chi connectivity index (χ1v) is 25.8. The fraction of sp³-hybridized carbons (Fsp3) is 0.510. The number of pyridine rings is 1. The zero-order valence-corrected chi connectivity index (χ0v) is 40.4. The molecule has 0 spiro atoms. The number of ether oxygens (including phenoxy) is 1. The highest BCUT2D eigenvalue weighted by atomic mass is 32.2. The molecule has 4 heterocycles. The number of nitrogens with one attached hydrogen (secondary N) is 2. The van der Waals surface area contributed by atoms with E-state index in [1.54, 1.807) is 6.20 Å². The molecule has 2 atom stereocenters. The molecule has 10 rings (SSSR count). The van der Waals surface area contributed by atoms with Crippen molar-refractivity contribution in [2.45, 2.75) is 90.8 Å². The van der Waals surface area contributed by atoms with Crippen molar-refractivity contribution >= 4 is 60.5 Å². The maximum Gasteiger partial charge on any atom is 0.355 e. The number of rotatable bonds is 20. The second-order valence-electron chi connectivity index (χ2n) is 20.5. The van der Waals surface area contributed by atoms with Gasteiger partial charge in [0, 0.05) is 74.7 Å². The van der Waals surface area contributed by atoms with Gasteiger partial charge in [-0.1, -0.05) is 49.4 Å². The molecule has 4 fully saturated rings. The Balaban J connectivity index is 0.899. The fourth-order valence-corrected chi connectivity index (χ4v) is 14.3. The molecule has 68 heavy (non-hydrogen) atoms. The monoisotopic (exact) mass is 968 g/mol. The summed E-state index contributed by atoms with van der Waals surface area (Å²) in [5.74, 6) is -2.19. The van der Waals surface area contributed by atoms with E-state index in [0.29, 0.717) is 86.5 Å². The predicted octanol–water partition coefficient (Wildman–Crippen LogP) is 6.77. The molecule has 4 saturated carbocycles. The van der Waals surface area contributed by atoms with Crippen LogP contribution in [0, 0.1) is 23.2 Å². The van der Waals surface area contributed by atoms with Crippen molar-refractivity contribution in [2.75, 3.05) is 61.8 Å². The van der Waals surface area contributed by atoms with Gasteiger partial charge in [0.05, 0.1) is 40.8 Å². The van der Waals surface area contributed by atoms with E-state index in [9.17, 15) is 32.5 Å². The van der Waals surface area contributed by atoms with Gasteiger partial charge >= 0.3 is 11.9 Å². The van der Waals surface area contributed by atoms with Gasteiger partial charge in [0.15, 0.2) is 10.8 Å². The number of anilines is 2. The van der Waals surface area contributed by atoms with Crippen LogP contribution in [0.25, 0.3) is 21.3 Å². The van der Waals surface area contributed by atoms with Crippen LogP contribution in [0.15, 0.2) is 60.8 Å². The van der Waals surface area contributed by atoms with Crippen LogP contribution < -0.4 is 15.5 Å². The summed E-state index contributed by atoms with van der Waals surface area (Å²) in [6.45, 7) is 10.5. The minimum atomic E-state index is -4.17. The molecule has 1 amide bonds. The van der Waals surface area contributed by atoms with Gasteiger partial charge in [0.1, 0.15) is 5.82 Å². The Hall–Kier alpha value is -5.31. The number of carbonyl (C=O) groups is 3. The third-order valence-corrected chi connectivity index (χ3v) is 16.2. The second-order valence-corrected chi connectivity index (χ2v) is 23.1. The first-order valence-electron chi connectivity index (χ1n) is 23.3. The zero-order valence-electron chi connectivity index (χ0n) is 38.8. The summed E-state index contributed by atoms with van der Waals surface area (Å²) in [4.78, 5) is 50.9. The van der Waals surface area contributed by atoms with E-state index >= 15 is 0 Å². The molecule has 4 aliphatic carbocycles. The van der Waals surface area contributed by atoms with E-state index in [0.717, 1.165) is 65.6 Å². The Morgan fingerprint density at radius 1 is 0.897 bits per heavy atom. The largest absolute Gasteiger partial charge is 0.481 e. The summed E-state index contributed by atoms with van der Waals surface area (Å²) in [6.07, 6.45) is 8.19. The summed E-state index contributed by atoms with van der Waals surface area (Å²) in [5.41, 5.74) is 4.83. The highest BCUT2D eigenvalue weighted by Gasteiger charge is 2.66. The lowest BCUT2D eigenvalue weighted by Gasteiger charge is -2.69. The average molecular weight is 969 g/mol. The van der Waals surface area contributed by atoms with Crippen molar-refractivity contribution in [1.82, 2.24) is 30.0 Å². The van der Waals surface area contributed by atoms with Crippen molar-refractivity contribution in [3.05, 3.63) is 88.9 Å². The van der Waals surface area contributed by atoms with E-state index < -0.39 is 27.8 Å². The molecule has 4 bridgehead atoms. The third-order valence-electron chi connectivity index (χ3n) is 14.6. The zero-order chi connectivity index (χ0) is 48.1. The van der Waals surface area contributed by atoms with Crippen molar-refractivity contribution in [1.29, 1.82) is 0 Å². The number of aliphatic carboxylic acids is 1. The molecule has 0 saturated heterocycles. The van der Waals surface area contributed by atoms with Gasteiger partial charge in [-0.3, -0.25) is 29.0 Å². The van der Waals surface area contributed by atoms with Crippen molar-refractivity contribution in [3.8, 4) is 11.1 Å². The van der Waals surface area contributed by atoms with Crippen LogP contribution in [0.2, 0.25) is 0 Å². The van der Waals surface area contributed by atoms with E-state index in [1.165, 1.54) is 11.3 Å². The Morgan fingerprint density at radius 2 is 1.68 bits per heavy atom. The number of hydrogen-bond donors (Lipinski definition) is 5. The molecular formula is C49H60N8O9S2. The number of amides is 1. The molecular weight excluding hydrogens is 909 g/mol. The number of carboxylic acids is 2. The SMILES string of the molecule is Cc1c(-c2ccc(N3CCc4cccc(C(=O)Nc5nc6ccccc6s5)c4C3)nc2C(=O)O)cnn1CC12CC3(C)CC(C)(C1)CC(OCCN(CCNCCC(=O)O)CCS(=O)(=O)O)(C3)C2. The number of fused-ring (bicyclic) bond motifs is 2. The Morgan fingerprint density at radius 3 is 2.41 bits per heavy atom. The molecule has 362 valence electrons. The van der Waals surface area contributed by atoms with E-state index in [2.05, 4.69) is 29.5 Å². The highest BCUT2D eigenvalue weighted by molar-refractivity contribution is 7.85. The van der Waals surface area contributed by atoms with Gasteiger partial charge in [-0.15, -0.1) is 0 Å². The molecule has 2 aromatic carbocycles. The lowest BCUT2D eigenvalue weighted by Crippen LogP contribution is -2.64. The van der Waals surface area contributed by atoms with Crippen molar-refractivity contribution in [3.63, 3.8) is 0 Å². The van der Waals surface area contributed by atoms with Crippen LogP contribution in [-0.4, -0.2) is 123 Å². The van der Waals surface area contributed by atoms with Gasteiger partial charge in [-0.2, -0.15) is 13.5 Å². The Bertz CT molecular complexity index is 2810. The fourth-order valence-electron chi connectivity index (χ4n) is 13.0. The van der Waals surface area contributed by atoms with Crippen molar-refractivity contribution in [2.24, 2.45) is 16.2 Å². The summed E-state index contributed by atoms with van der Waals surface area (Å²) in [7, 11) is -4.17. The van der Waals surface area contributed by atoms with Gasteiger partial charge in [-0.25, -0.2) is 14.8 Å². The number of carbonyl (C=O) groups excluding carboxylic acids is 1. The van der Waals surface area contributed by atoms with Gasteiger partial charge in [0.2, 0.25) is 0 Å². The van der Waals surface area contributed by atoms with E-state index in [4.69, 9.17) is 19.9 Å². The predicted molar refractivity (Wildman–Crippen MR) is 259 cm³/mol. The summed E-state index contributed by atoms with van der Waals surface area (Å²) < 4.78 is 42.8. The van der Waals surface area contributed by atoms with Crippen LogP contribution in [0.1, 0.15) is 96.5 Å². The lowest BCUT2D eigenvalue weighted by molar-refractivity contribution is -0.248. The summed E-state index contributed by atoms with van der Waals surface area (Å²) in [5, 5.41) is 31.1. The highest BCUT2D eigenvalue weighted by Crippen LogP contribution is 2.72. The number of hydrogen-bond acceptors (Lipinski definition) is 13. The van der Waals surface area contributed by atoms with Gasteiger partial charge < -0.3 is 25.2 Å². The van der Waals surface area contributed by atoms with Gasteiger partial charge in [-0.05, 0) is 110 Å². The van der Waals surface area contributed by atoms with E-state index in [1.807, 2.05) is 76.0 Å². The number of thiazole rings is 1. The van der Waals surface area contributed by atoms with Crippen LogP contribution in [0.4, 0.5) is 10.9 Å². The maximum absolute atomic E-state index is 13.7. The number of benzene rings is 2. The first kappa shape index (κ1) is 47.7. The number of nitrogens with zero attached hydrogens (tertiary/aromatic N) is 6. The standard InChI is InChI=1S/C49H60N8O9S2/c1-32-36(34-11-12-40(53-42(34)44(61)62)56-17-14-33-7-6-8-35(37(33)24-56)43(60)54-45-52-38-9-4-5-10-39(38)67-45)23-51-57(32)31-48-26-46(2)25-47(3,27-48)29-49(28-46,30-48)66-21-19-55(20-22-68(63,64)65)18-16-50-15-13-41(58)59/h4-12,23,50H,13-22,24-31H2,1-3H3,(H,58,59)(H,61,62)(H,52,54,60)(H,63,64,65). The molecule has 5 aromatic rings. The number of para-hydroxylation sites is 1. The minimum absolute atomic E-state index is 0.0164. The summed E-state index contributed by atoms with van der Waals surface area (Å²) >= 11 is 1.42. The molecule has 2 unspecified atom stereocenters. The molecule has 5 aliphatic rings. The molecule has 17 nitrogen and oxygen atoms in total. The van der Waals surface area contributed by atoms with Crippen LogP contribution in [-0.2, 0) is 39.2 Å². The Kier molecular flexibility index (Phi) is 13.0. The quantitative estimate of drug-likeness (QED) is 0.0401.